The van der Waals surface area contributed by atoms with Crippen molar-refractivity contribution in [3.63, 3.8) is 0 Å². The number of thiazole rings is 1. The van der Waals surface area contributed by atoms with Gasteiger partial charge in [0, 0.05) is 41.5 Å². The lowest BCUT2D eigenvalue weighted by atomic mass is 9.99. The SMILES string of the molecule is Cc1sc(=O)n(CCC(=O)N2CCCc3c(N)cccc32)c1C.Cl. The Labute approximate surface area is 151 Å². The number of halogens is 1. The summed E-state index contributed by atoms with van der Waals surface area (Å²) in [7, 11) is 0. The topological polar surface area (TPSA) is 68.3 Å². The van der Waals surface area contributed by atoms with E-state index in [0.29, 0.717) is 19.5 Å². The van der Waals surface area contributed by atoms with Crippen molar-refractivity contribution in [1.82, 2.24) is 4.57 Å². The molecule has 0 aliphatic carbocycles. The molecule has 1 aliphatic rings. The first kappa shape index (κ1) is 18.5. The first-order valence-corrected chi connectivity index (χ1v) is 8.65. The summed E-state index contributed by atoms with van der Waals surface area (Å²) in [6, 6.07) is 5.72. The second-order valence-corrected chi connectivity index (χ2v) is 7.07. The Kier molecular flexibility index (Phi) is 5.72. The van der Waals surface area contributed by atoms with Crippen LogP contribution in [0.5, 0.6) is 0 Å². The van der Waals surface area contributed by atoms with Gasteiger partial charge in [-0.05, 0) is 44.4 Å². The van der Waals surface area contributed by atoms with Gasteiger partial charge in [0.2, 0.25) is 5.91 Å². The lowest BCUT2D eigenvalue weighted by Gasteiger charge is -2.30. The number of hydrogen-bond acceptors (Lipinski definition) is 4. The van der Waals surface area contributed by atoms with Crippen molar-refractivity contribution >= 4 is 41.0 Å². The van der Waals surface area contributed by atoms with Crippen LogP contribution in [0.3, 0.4) is 0 Å². The number of anilines is 2. The number of aryl methyl sites for hydroxylation is 1. The fourth-order valence-corrected chi connectivity index (χ4v) is 3.96. The highest BCUT2D eigenvalue weighted by molar-refractivity contribution is 7.09. The van der Waals surface area contributed by atoms with Gasteiger partial charge in [-0.1, -0.05) is 17.4 Å². The zero-order chi connectivity index (χ0) is 16.6. The summed E-state index contributed by atoms with van der Waals surface area (Å²) < 4.78 is 1.70. The number of rotatable bonds is 3. The average Bonchev–Trinajstić information content (AvgIpc) is 2.78. The molecular formula is C17H22ClN3O2S. The Morgan fingerprint density at radius 2 is 2.08 bits per heavy atom. The molecule has 1 amide bonds. The van der Waals surface area contributed by atoms with E-state index in [2.05, 4.69) is 0 Å². The molecule has 24 heavy (non-hydrogen) atoms. The third kappa shape index (κ3) is 3.35. The van der Waals surface area contributed by atoms with Gasteiger partial charge < -0.3 is 15.2 Å². The first-order chi connectivity index (χ1) is 11.0. The van der Waals surface area contributed by atoms with Crippen LogP contribution in [-0.2, 0) is 17.8 Å². The van der Waals surface area contributed by atoms with Crippen LogP contribution in [-0.4, -0.2) is 17.0 Å². The molecule has 0 unspecified atom stereocenters. The fourth-order valence-electron chi connectivity index (χ4n) is 3.10. The third-order valence-electron chi connectivity index (χ3n) is 4.51. The minimum atomic E-state index is 0. The Balaban J connectivity index is 0.00000208. The van der Waals surface area contributed by atoms with Gasteiger partial charge in [0.15, 0.2) is 0 Å². The van der Waals surface area contributed by atoms with E-state index in [1.54, 1.807) is 4.57 Å². The molecule has 7 heteroatoms. The van der Waals surface area contributed by atoms with E-state index >= 15 is 0 Å². The summed E-state index contributed by atoms with van der Waals surface area (Å²) in [6.07, 6.45) is 2.16. The van der Waals surface area contributed by atoms with Crippen LogP contribution in [0, 0.1) is 13.8 Å². The van der Waals surface area contributed by atoms with Gasteiger partial charge in [-0.2, -0.15) is 0 Å². The number of aromatic nitrogens is 1. The normalized spacial score (nSPS) is 13.3. The van der Waals surface area contributed by atoms with Crippen LogP contribution < -0.4 is 15.5 Å². The summed E-state index contributed by atoms with van der Waals surface area (Å²) in [4.78, 5) is 27.4. The minimum absolute atomic E-state index is 0. The molecule has 2 N–H and O–H groups in total. The van der Waals surface area contributed by atoms with Crippen LogP contribution in [0.2, 0.25) is 0 Å². The Hall–Kier alpha value is -1.79. The summed E-state index contributed by atoms with van der Waals surface area (Å²) in [5, 5.41) is 0. The largest absolute Gasteiger partial charge is 0.398 e. The molecule has 0 fully saturated rings. The van der Waals surface area contributed by atoms with E-state index in [9.17, 15) is 9.59 Å². The standard InChI is InChI=1S/C17H21N3O2S.ClH/c1-11-12(2)23-17(22)19(11)10-8-16(21)20-9-4-5-13-14(18)6-3-7-15(13)20;/h3,6-7H,4-5,8-10,18H2,1-2H3;1H. The van der Waals surface area contributed by atoms with E-state index in [4.69, 9.17) is 5.73 Å². The number of nitrogen functional groups attached to an aromatic ring is 1. The molecule has 5 nitrogen and oxygen atoms in total. The Bertz CT molecular complexity index is 813. The van der Waals surface area contributed by atoms with Gasteiger partial charge in [-0.15, -0.1) is 12.4 Å². The quantitative estimate of drug-likeness (QED) is 0.848. The highest BCUT2D eigenvalue weighted by Crippen LogP contribution is 2.31. The van der Waals surface area contributed by atoms with Crippen molar-refractivity contribution in [1.29, 1.82) is 0 Å². The highest BCUT2D eigenvalue weighted by Gasteiger charge is 2.23. The van der Waals surface area contributed by atoms with E-state index in [1.807, 2.05) is 36.9 Å². The number of carbonyl (C=O) groups is 1. The molecule has 1 aromatic carbocycles. The molecule has 0 spiro atoms. The average molecular weight is 368 g/mol. The molecule has 2 heterocycles. The van der Waals surface area contributed by atoms with Crippen molar-refractivity contribution < 1.29 is 4.79 Å². The number of carbonyl (C=O) groups excluding carboxylic acids is 1. The Morgan fingerprint density at radius 1 is 1.33 bits per heavy atom. The molecule has 1 aliphatic heterocycles. The fraction of sp³-hybridized carbons (Fsp3) is 0.412. The van der Waals surface area contributed by atoms with E-state index in [1.165, 1.54) is 11.3 Å². The third-order valence-corrected chi connectivity index (χ3v) is 5.51. The van der Waals surface area contributed by atoms with Gasteiger partial charge in [0.05, 0.1) is 0 Å². The first-order valence-electron chi connectivity index (χ1n) is 7.83. The number of nitrogens with zero attached hydrogens (tertiary/aromatic N) is 2. The predicted octanol–water partition coefficient (Wildman–Crippen LogP) is 2.90. The van der Waals surface area contributed by atoms with Crippen molar-refractivity contribution in [3.8, 4) is 0 Å². The maximum absolute atomic E-state index is 12.6. The molecule has 1 aromatic heterocycles. The van der Waals surface area contributed by atoms with E-state index < -0.39 is 0 Å². The van der Waals surface area contributed by atoms with Gasteiger partial charge in [-0.25, -0.2) is 0 Å². The predicted molar refractivity (Wildman–Crippen MR) is 101 cm³/mol. The lowest BCUT2D eigenvalue weighted by Crippen LogP contribution is -2.36. The molecule has 0 atom stereocenters. The van der Waals surface area contributed by atoms with Crippen molar-refractivity contribution in [2.75, 3.05) is 17.2 Å². The smallest absolute Gasteiger partial charge is 0.307 e. The maximum atomic E-state index is 12.6. The number of nitrogens with two attached hydrogens (primary N) is 1. The van der Waals surface area contributed by atoms with Crippen LogP contribution in [0.4, 0.5) is 11.4 Å². The summed E-state index contributed by atoms with van der Waals surface area (Å²) >= 11 is 1.24. The van der Waals surface area contributed by atoms with Gasteiger partial charge >= 0.3 is 4.87 Å². The van der Waals surface area contributed by atoms with Gasteiger partial charge in [0.25, 0.3) is 0 Å². The molecule has 2 aromatic rings. The van der Waals surface area contributed by atoms with Crippen molar-refractivity contribution in [2.45, 2.75) is 39.7 Å². The number of fused-ring (bicyclic) bond motifs is 1. The molecular weight excluding hydrogens is 346 g/mol. The zero-order valence-electron chi connectivity index (χ0n) is 13.9. The number of benzene rings is 1. The lowest BCUT2D eigenvalue weighted by molar-refractivity contribution is -0.118. The molecule has 0 saturated heterocycles. The van der Waals surface area contributed by atoms with Crippen LogP contribution in [0.1, 0.15) is 29.0 Å². The minimum Gasteiger partial charge on any atom is -0.398 e. The van der Waals surface area contributed by atoms with Gasteiger partial charge in [0.1, 0.15) is 0 Å². The molecule has 130 valence electrons. The summed E-state index contributed by atoms with van der Waals surface area (Å²) in [5.74, 6) is 0.0479. The van der Waals surface area contributed by atoms with E-state index in [0.717, 1.165) is 40.4 Å². The second-order valence-electron chi connectivity index (χ2n) is 5.91. The summed E-state index contributed by atoms with van der Waals surface area (Å²) in [5.41, 5.74) is 9.72. The van der Waals surface area contributed by atoms with E-state index in [-0.39, 0.29) is 23.2 Å². The Morgan fingerprint density at radius 3 is 2.75 bits per heavy atom. The van der Waals surface area contributed by atoms with Crippen LogP contribution >= 0.6 is 23.7 Å². The molecule has 0 saturated carbocycles. The molecule has 0 bridgehead atoms. The van der Waals surface area contributed by atoms with Crippen molar-refractivity contribution in [2.24, 2.45) is 0 Å². The number of hydrogen-bond donors (Lipinski definition) is 1. The van der Waals surface area contributed by atoms with Crippen LogP contribution in [0.15, 0.2) is 23.0 Å². The highest BCUT2D eigenvalue weighted by atomic mass is 35.5. The second kappa shape index (κ2) is 7.40. The van der Waals surface area contributed by atoms with Crippen LogP contribution in [0.25, 0.3) is 0 Å². The molecule has 0 radical (unpaired) electrons. The zero-order valence-corrected chi connectivity index (χ0v) is 15.5. The summed E-state index contributed by atoms with van der Waals surface area (Å²) in [6.45, 7) is 5.01. The molecule has 3 rings (SSSR count). The maximum Gasteiger partial charge on any atom is 0.307 e. The van der Waals surface area contributed by atoms with Crippen molar-refractivity contribution in [3.05, 3.63) is 44.0 Å². The van der Waals surface area contributed by atoms with Gasteiger partial charge in [-0.3, -0.25) is 9.59 Å². The monoisotopic (exact) mass is 367 g/mol. The number of amides is 1.